The van der Waals surface area contributed by atoms with Crippen LogP contribution in [0.5, 0.6) is 0 Å². The molecule has 35 heavy (non-hydrogen) atoms. The molecule has 0 atom stereocenters. The second kappa shape index (κ2) is 31.6. The smallest absolute Gasteiger partial charge is 0.157 e. The first-order chi connectivity index (χ1) is 17.3. The van der Waals surface area contributed by atoms with Gasteiger partial charge in [0.1, 0.15) is 0 Å². The van der Waals surface area contributed by atoms with Crippen LogP contribution in [0.3, 0.4) is 0 Å². The number of hydrogen-bond acceptors (Lipinski definition) is 3. The Kier molecular flexibility index (Phi) is 31.3. The number of ether oxygens (including phenoxy) is 2. The van der Waals surface area contributed by atoms with Crippen LogP contribution in [0, 0.1) is 0 Å². The molecule has 0 aromatic heterocycles. The summed E-state index contributed by atoms with van der Waals surface area (Å²) >= 11 is 0. The number of rotatable bonds is 30. The van der Waals surface area contributed by atoms with E-state index in [1.165, 1.54) is 135 Å². The molecule has 0 aliphatic heterocycles. The highest BCUT2D eigenvalue weighted by atomic mass is 16.7. The van der Waals surface area contributed by atoms with Gasteiger partial charge in [0.2, 0.25) is 0 Å². The number of unbranched alkanes of at least 4 members (excludes halogenated alkanes) is 19. The van der Waals surface area contributed by atoms with Crippen LogP contribution in [0.2, 0.25) is 0 Å². The Morgan fingerprint density at radius 3 is 1.37 bits per heavy atom. The molecule has 0 unspecified atom stereocenters. The molecule has 210 valence electrons. The molecule has 1 N–H and O–H groups in total. The fraction of sp³-hybridized carbons (Fsp3) is 0.938. The SMILES string of the molecule is CCCCCCCCCOC(CCCCCCCCC/C=C/CCO)OCCCCCCCCC. The molecule has 3 nitrogen and oxygen atoms in total. The van der Waals surface area contributed by atoms with Crippen molar-refractivity contribution in [3.05, 3.63) is 12.2 Å². The van der Waals surface area contributed by atoms with Crippen molar-refractivity contribution in [3.63, 3.8) is 0 Å². The zero-order chi connectivity index (χ0) is 25.5. The summed E-state index contributed by atoms with van der Waals surface area (Å²) in [6.07, 6.45) is 35.1. The average molecular weight is 497 g/mol. The maximum absolute atomic E-state index is 8.77. The van der Waals surface area contributed by atoms with E-state index in [0.29, 0.717) is 0 Å². The molecule has 3 heteroatoms. The Hall–Kier alpha value is -0.380. The molecule has 0 heterocycles. The Labute approximate surface area is 220 Å². The van der Waals surface area contributed by atoms with E-state index >= 15 is 0 Å². The molecule has 0 spiro atoms. The molecule has 0 radical (unpaired) electrons. The summed E-state index contributed by atoms with van der Waals surface area (Å²) < 4.78 is 12.4. The van der Waals surface area contributed by atoms with Crippen LogP contribution in [0.1, 0.15) is 168 Å². The lowest BCUT2D eigenvalue weighted by Crippen LogP contribution is -2.19. The summed E-state index contributed by atoms with van der Waals surface area (Å²) in [4.78, 5) is 0. The van der Waals surface area contributed by atoms with Crippen molar-refractivity contribution >= 4 is 0 Å². The van der Waals surface area contributed by atoms with Crippen LogP contribution in [0.25, 0.3) is 0 Å². The maximum Gasteiger partial charge on any atom is 0.157 e. The number of aliphatic hydroxyl groups excluding tert-OH is 1. The van der Waals surface area contributed by atoms with Crippen molar-refractivity contribution in [2.45, 2.75) is 174 Å². The predicted molar refractivity (Wildman–Crippen MR) is 154 cm³/mol. The summed E-state index contributed by atoms with van der Waals surface area (Å²) in [7, 11) is 0. The van der Waals surface area contributed by atoms with Gasteiger partial charge >= 0.3 is 0 Å². The summed E-state index contributed by atoms with van der Waals surface area (Å²) in [5, 5.41) is 8.77. The van der Waals surface area contributed by atoms with Gasteiger partial charge in [-0.05, 0) is 44.9 Å². The van der Waals surface area contributed by atoms with Crippen LogP contribution in [0.15, 0.2) is 12.2 Å². The molecule has 0 aliphatic carbocycles. The van der Waals surface area contributed by atoms with Crippen LogP contribution >= 0.6 is 0 Å². The third-order valence-electron chi connectivity index (χ3n) is 6.88. The molecule has 0 saturated heterocycles. The highest BCUT2D eigenvalue weighted by Crippen LogP contribution is 2.15. The van der Waals surface area contributed by atoms with Crippen molar-refractivity contribution in [1.29, 1.82) is 0 Å². The molecule has 0 fully saturated rings. The van der Waals surface area contributed by atoms with Crippen molar-refractivity contribution < 1.29 is 14.6 Å². The van der Waals surface area contributed by atoms with Gasteiger partial charge in [0.05, 0.1) is 0 Å². The predicted octanol–water partition coefficient (Wildman–Crippen LogP) is 10.3. The number of aliphatic hydroxyl groups is 1. The van der Waals surface area contributed by atoms with Crippen molar-refractivity contribution in [1.82, 2.24) is 0 Å². The molecular formula is C32H64O3. The highest BCUT2D eigenvalue weighted by Gasteiger charge is 2.09. The average Bonchev–Trinajstić information content (AvgIpc) is 2.87. The van der Waals surface area contributed by atoms with Gasteiger partial charge < -0.3 is 14.6 Å². The van der Waals surface area contributed by atoms with E-state index in [1.807, 2.05) is 0 Å². The third kappa shape index (κ3) is 29.7. The van der Waals surface area contributed by atoms with Crippen LogP contribution in [-0.4, -0.2) is 31.2 Å². The third-order valence-corrected chi connectivity index (χ3v) is 6.88. The minimum absolute atomic E-state index is 0.0147. The topological polar surface area (TPSA) is 38.7 Å². The van der Waals surface area contributed by atoms with Gasteiger partial charge in [-0.2, -0.15) is 0 Å². The van der Waals surface area contributed by atoms with Gasteiger partial charge in [-0.1, -0.05) is 135 Å². The lowest BCUT2D eigenvalue weighted by atomic mass is 10.1. The summed E-state index contributed by atoms with van der Waals surface area (Å²) in [5.74, 6) is 0. The van der Waals surface area contributed by atoms with Crippen LogP contribution in [0.4, 0.5) is 0 Å². The second-order valence-electron chi connectivity index (χ2n) is 10.4. The minimum atomic E-state index is 0.0147. The molecule has 0 rings (SSSR count). The van der Waals surface area contributed by atoms with Crippen LogP contribution < -0.4 is 0 Å². The van der Waals surface area contributed by atoms with Crippen LogP contribution in [-0.2, 0) is 9.47 Å². The normalized spacial score (nSPS) is 11.9. The quantitative estimate of drug-likeness (QED) is 0.0610. The van der Waals surface area contributed by atoms with E-state index in [4.69, 9.17) is 14.6 Å². The van der Waals surface area contributed by atoms with E-state index in [-0.39, 0.29) is 12.9 Å². The Balaban J connectivity index is 3.85. The van der Waals surface area contributed by atoms with Gasteiger partial charge in [0.15, 0.2) is 6.29 Å². The molecule has 0 saturated carbocycles. The molecule has 0 aliphatic rings. The first kappa shape index (κ1) is 34.6. The first-order valence-electron chi connectivity index (χ1n) is 15.8. The van der Waals surface area contributed by atoms with E-state index in [1.54, 1.807) is 0 Å². The van der Waals surface area contributed by atoms with Gasteiger partial charge in [0.25, 0.3) is 0 Å². The van der Waals surface area contributed by atoms with E-state index in [2.05, 4.69) is 26.0 Å². The van der Waals surface area contributed by atoms with Crippen molar-refractivity contribution in [2.75, 3.05) is 19.8 Å². The minimum Gasteiger partial charge on any atom is -0.396 e. The lowest BCUT2D eigenvalue weighted by molar-refractivity contribution is -0.148. The number of allylic oxidation sites excluding steroid dienone is 1. The molecule has 0 amide bonds. The Morgan fingerprint density at radius 1 is 0.486 bits per heavy atom. The van der Waals surface area contributed by atoms with E-state index in [0.717, 1.165) is 32.5 Å². The van der Waals surface area contributed by atoms with E-state index < -0.39 is 0 Å². The van der Waals surface area contributed by atoms with Crippen molar-refractivity contribution in [2.24, 2.45) is 0 Å². The molecule has 0 bridgehead atoms. The fourth-order valence-electron chi connectivity index (χ4n) is 4.53. The summed E-state index contributed by atoms with van der Waals surface area (Å²) in [6.45, 7) is 6.56. The monoisotopic (exact) mass is 496 g/mol. The second-order valence-corrected chi connectivity index (χ2v) is 10.4. The zero-order valence-corrected chi connectivity index (χ0v) is 24.1. The highest BCUT2D eigenvalue weighted by molar-refractivity contribution is 4.80. The Bertz CT molecular complexity index is 376. The fourth-order valence-corrected chi connectivity index (χ4v) is 4.53. The summed E-state index contributed by atoms with van der Waals surface area (Å²) in [5.41, 5.74) is 0. The van der Waals surface area contributed by atoms with Crippen molar-refractivity contribution in [3.8, 4) is 0 Å². The standard InChI is InChI=1S/C32H64O3/c1-3-5-7-9-18-22-26-30-34-32(35-31-27-23-19-10-8-6-4-2)28-24-20-16-14-12-11-13-15-17-21-25-29-33/h17,21,32-33H,3-16,18-20,22-31H2,1-2H3/b21-17+. The summed E-state index contributed by atoms with van der Waals surface area (Å²) in [6, 6.07) is 0. The van der Waals surface area contributed by atoms with E-state index in [9.17, 15) is 0 Å². The van der Waals surface area contributed by atoms with Gasteiger partial charge in [-0.3, -0.25) is 0 Å². The zero-order valence-electron chi connectivity index (χ0n) is 24.1. The lowest BCUT2D eigenvalue weighted by Gasteiger charge is -2.19. The molecule has 0 aromatic carbocycles. The number of hydrogen-bond donors (Lipinski definition) is 1. The van der Waals surface area contributed by atoms with Gasteiger partial charge in [0, 0.05) is 19.8 Å². The largest absolute Gasteiger partial charge is 0.396 e. The molecular weight excluding hydrogens is 432 g/mol. The van der Waals surface area contributed by atoms with Gasteiger partial charge in [-0.15, -0.1) is 0 Å². The first-order valence-corrected chi connectivity index (χ1v) is 15.8. The Morgan fingerprint density at radius 2 is 0.886 bits per heavy atom. The maximum atomic E-state index is 8.77. The molecule has 0 aromatic rings. The van der Waals surface area contributed by atoms with Gasteiger partial charge in [-0.25, -0.2) is 0 Å².